The van der Waals surface area contributed by atoms with Crippen molar-refractivity contribution in [1.29, 1.82) is 0 Å². The van der Waals surface area contributed by atoms with Crippen molar-refractivity contribution in [1.82, 2.24) is 9.78 Å². The molecule has 0 saturated carbocycles. The number of rotatable bonds is 3. The standard InChI is InChI=1S/C13H18N4/c1-9-4-6-11(7-5-9)10(2)15-13-12(14)8-17(3)16-13/h4-8,10H,14H2,1-3H3,(H,15,16). The fourth-order valence-electron chi connectivity index (χ4n) is 1.76. The molecule has 4 nitrogen and oxygen atoms in total. The first-order chi connectivity index (χ1) is 8.06. The van der Waals surface area contributed by atoms with Crippen molar-refractivity contribution in [2.75, 3.05) is 11.1 Å². The van der Waals surface area contributed by atoms with E-state index < -0.39 is 0 Å². The molecule has 0 radical (unpaired) electrons. The van der Waals surface area contributed by atoms with Crippen LogP contribution in [0.5, 0.6) is 0 Å². The van der Waals surface area contributed by atoms with Gasteiger partial charge < -0.3 is 11.1 Å². The number of aryl methyl sites for hydroxylation is 2. The molecular formula is C13H18N4. The molecule has 0 amide bonds. The highest BCUT2D eigenvalue weighted by atomic mass is 15.3. The van der Waals surface area contributed by atoms with Crippen LogP contribution in [0.4, 0.5) is 11.5 Å². The van der Waals surface area contributed by atoms with Crippen LogP contribution in [0.25, 0.3) is 0 Å². The van der Waals surface area contributed by atoms with Gasteiger partial charge in [0.05, 0.1) is 11.7 Å². The summed E-state index contributed by atoms with van der Waals surface area (Å²) < 4.78 is 1.71. The lowest BCUT2D eigenvalue weighted by Crippen LogP contribution is -2.08. The van der Waals surface area contributed by atoms with Crippen molar-refractivity contribution in [3.8, 4) is 0 Å². The third kappa shape index (κ3) is 2.58. The summed E-state index contributed by atoms with van der Waals surface area (Å²) in [6, 6.07) is 8.64. The van der Waals surface area contributed by atoms with Gasteiger partial charge in [-0.1, -0.05) is 29.8 Å². The van der Waals surface area contributed by atoms with Gasteiger partial charge in [0.2, 0.25) is 0 Å². The van der Waals surface area contributed by atoms with E-state index in [0.717, 1.165) is 5.82 Å². The maximum absolute atomic E-state index is 5.85. The number of hydrogen-bond donors (Lipinski definition) is 2. The number of benzene rings is 1. The number of nitrogen functional groups attached to an aromatic ring is 1. The minimum absolute atomic E-state index is 0.188. The van der Waals surface area contributed by atoms with Crippen LogP contribution in [0.1, 0.15) is 24.1 Å². The SMILES string of the molecule is Cc1ccc(C(C)Nc2nn(C)cc2N)cc1. The molecule has 90 valence electrons. The molecule has 2 aromatic rings. The summed E-state index contributed by atoms with van der Waals surface area (Å²) in [7, 11) is 1.86. The second-order valence-corrected chi connectivity index (χ2v) is 4.38. The lowest BCUT2D eigenvalue weighted by atomic mass is 10.1. The minimum Gasteiger partial charge on any atom is -0.394 e. The first-order valence-electron chi connectivity index (χ1n) is 5.68. The molecule has 0 aliphatic rings. The fourth-order valence-corrected chi connectivity index (χ4v) is 1.76. The van der Waals surface area contributed by atoms with Gasteiger partial charge in [0.15, 0.2) is 5.82 Å². The zero-order valence-corrected chi connectivity index (χ0v) is 10.4. The van der Waals surface area contributed by atoms with Crippen LogP contribution in [0.15, 0.2) is 30.5 Å². The van der Waals surface area contributed by atoms with Crippen molar-refractivity contribution in [3.63, 3.8) is 0 Å². The Kier molecular flexibility index (Phi) is 3.04. The van der Waals surface area contributed by atoms with E-state index in [1.807, 2.05) is 7.05 Å². The van der Waals surface area contributed by atoms with E-state index in [-0.39, 0.29) is 6.04 Å². The summed E-state index contributed by atoms with van der Waals surface area (Å²) in [6.07, 6.45) is 1.80. The average Bonchev–Trinajstić information content (AvgIpc) is 2.58. The van der Waals surface area contributed by atoms with E-state index >= 15 is 0 Å². The van der Waals surface area contributed by atoms with E-state index in [4.69, 9.17) is 5.73 Å². The molecule has 0 aliphatic heterocycles. The van der Waals surface area contributed by atoms with E-state index in [9.17, 15) is 0 Å². The number of nitrogens with two attached hydrogens (primary N) is 1. The quantitative estimate of drug-likeness (QED) is 0.851. The van der Waals surface area contributed by atoms with Gasteiger partial charge in [-0.3, -0.25) is 4.68 Å². The summed E-state index contributed by atoms with van der Waals surface area (Å²) in [4.78, 5) is 0. The Morgan fingerprint density at radius 2 is 1.94 bits per heavy atom. The normalized spacial score (nSPS) is 12.4. The van der Waals surface area contributed by atoms with Gasteiger partial charge in [-0.15, -0.1) is 0 Å². The number of anilines is 2. The van der Waals surface area contributed by atoms with Gasteiger partial charge in [-0.25, -0.2) is 0 Å². The van der Waals surface area contributed by atoms with Crippen LogP contribution >= 0.6 is 0 Å². The first kappa shape index (κ1) is 11.5. The summed E-state index contributed by atoms with van der Waals surface area (Å²) in [5, 5.41) is 7.58. The number of hydrogen-bond acceptors (Lipinski definition) is 3. The summed E-state index contributed by atoms with van der Waals surface area (Å²) in [5.74, 6) is 0.737. The molecule has 1 heterocycles. The molecule has 0 bridgehead atoms. The molecule has 4 heteroatoms. The lowest BCUT2D eigenvalue weighted by molar-refractivity contribution is 0.760. The Labute approximate surface area is 101 Å². The van der Waals surface area contributed by atoms with Crippen LogP contribution < -0.4 is 11.1 Å². The largest absolute Gasteiger partial charge is 0.394 e. The summed E-state index contributed by atoms with van der Waals surface area (Å²) in [6.45, 7) is 4.18. The van der Waals surface area contributed by atoms with Crippen LogP contribution in [0.2, 0.25) is 0 Å². The van der Waals surface area contributed by atoms with E-state index in [1.54, 1.807) is 10.9 Å². The minimum atomic E-state index is 0.188. The third-order valence-electron chi connectivity index (χ3n) is 2.79. The molecule has 1 aromatic carbocycles. The maximum Gasteiger partial charge on any atom is 0.171 e. The van der Waals surface area contributed by atoms with E-state index in [1.165, 1.54) is 11.1 Å². The van der Waals surface area contributed by atoms with Gasteiger partial charge in [0.1, 0.15) is 0 Å². The topological polar surface area (TPSA) is 55.9 Å². The van der Waals surface area contributed by atoms with Crippen molar-refractivity contribution in [2.45, 2.75) is 19.9 Å². The van der Waals surface area contributed by atoms with Crippen LogP contribution in [0.3, 0.4) is 0 Å². The van der Waals surface area contributed by atoms with Crippen LogP contribution in [-0.2, 0) is 7.05 Å². The van der Waals surface area contributed by atoms with E-state index in [0.29, 0.717) is 5.69 Å². The Morgan fingerprint density at radius 1 is 1.29 bits per heavy atom. The number of aromatic nitrogens is 2. The van der Waals surface area contributed by atoms with Gasteiger partial charge in [0, 0.05) is 13.2 Å². The smallest absolute Gasteiger partial charge is 0.171 e. The second kappa shape index (κ2) is 4.49. The molecule has 1 unspecified atom stereocenters. The average molecular weight is 230 g/mol. The zero-order chi connectivity index (χ0) is 12.4. The van der Waals surface area contributed by atoms with E-state index in [2.05, 4.69) is 48.5 Å². The van der Waals surface area contributed by atoms with Gasteiger partial charge in [-0.2, -0.15) is 5.10 Å². The first-order valence-corrected chi connectivity index (χ1v) is 5.68. The molecule has 2 rings (SSSR count). The van der Waals surface area contributed by atoms with Crippen molar-refractivity contribution >= 4 is 11.5 Å². The molecule has 0 spiro atoms. The Balaban J connectivity index is 2.13. The summed E-state index contributed by atoms with van der Waals surface area (Å²) >= 11 is 0. The molecule has 0 saturated heterocycles. The predicted molar refractivity (Wildman–Crippen MR) is 70.8 cm³/mol. The molecule has 1 atom stereocenters. The molecule has 0 fully saturated rings. The third-order valence-corrected chi connectivity index (χ3v) is 2.79. The Morgan fingerprint density at radius 3 is 2.47 bits per heavy atom. The number of nitrogens with zero attached hydrogens (tertiary/aromatic N) is 2. The zero-order valence-electron chi connectivity index (χ0n) is 10.4. The lowest BCUT2D eigenvalue weighted by Gasteiger charge is -2.14. The van der Waals surface area contributed by atoms with Crippen molar-refractivity contribution in [2.24, 2.45) is 7.05 Å². The molecule has 0 aliphatic carbocycles. The highest BCUT2D eigenvalue weighted by Crippen LogP contribution is 2.22. The van der Waals surface area contributed by atoms with Gasteiger partial charge >= 0.3 is 0 Å². The van der Waals surface area contributed by atoms with Crippen molar-refractivity contribution in [3.05, 3.63) is 41.6 Å². The monoisotopic (exact) mass is 230 g/mol. The molecule has 1 aromatic heterocycles. The van der Waals surface area contributed by atoms with Crippen molar-refractivity contribution < 1.29 is 0 Å². The molecule has 3 N–H and O–H groups in total. The van der Waals surface area contributed by atoms with Crippen LogP contribution in [0, 0.1) is 6.92 Å². The van der Waals surface area contributed by atoms with Gasteiger partial charge in [0.25, 0.3) is 0 Å². The fraction of sp³-hybridized carbons (Fsp3) is 0.308. The van der Waals surface area contributed by atoms with Gasteiger partial charge in [-0.05, 0) is 19.4 Å². The molecule has 17 heavy (non-hydrogen) atoms. The number of nitrogens with one attached hydrogen (secondary N) is 1. The summed E-state index contributed by atoms with van der Waals surface area (Å²) in [5.41, 5.74) is 9.00. The predicted octanol–water partition coefficient (Wildman–Crippen LogP) is 2.48. The highest BCUT2D eigenvalue weighted by Gasteiger charge is 2.09. The Hall–Kier alpha value is -1.97. The van der Waals surface area contributed by atoms with Crippen LogP contribution in [-0.4, -0.2) is 9.78 Å². The maximum atomic E-state index is 5.85. The second-order valence-electron chi connectivity index (χ2n) is 4.38. The molecular weight excluding hydrogens is 212 g/mol. The highest BCUT2D eigenvalue weighted by molar-refractivity contribution is 5.60. The Bertz CT molecular complexity index is 499.